The molecule has 1 aromatic rings. The van der Waals surface area contributed by atoms with E-state index < -0.39 is 5.97 Å². The van der Waals surface area contributed by atoms with Gasteiger partial charge in [-0.15, -0.1) is 0 Å². The van der Waals surface area contributed by atoms with Crippen LogP contribution >= 0.6 is 0 Å². The van der Waals surface area contributed by atoms with E-state index in [1.807, 2.05) is 0 Å². The molecule has 8 heteroatoms. The van der Waals surface area contributed by atoms with Crippen molar-refractivity contribution in [2.24, 2.45) is 0 Å². The van der Waals surface area contributed by atoms with Crippen LogP contribution in [0.5, 0.6) is 0 Å². The molecule has 0 bridgehead atoms. The fourth-order valence-electron chi connectivity index (χ4n) is 1.97. The number of carbonyl (C=O) groups excluding carboxylic acids is 2. The summed E-state index contributed by atoms with van der Waals surface area (Å²) in [6.07, 6.45) is 2.25. The van der Waals surface area contributed by atoms with Gasteiger partial charge in [-0.1, -0.05) is 0 Å². The molecular weight excluding hydrogens is 276 g/mol. The van der Waals surface area contributed by atoms with Gasteiger partial charge < -0.3 is 21.1 Å². The van der Waals surface area contributed by atoms with Crippen molar-refractivity contribution in [1.29, 1.82) is 0 Å². The highest BCUT2D eigenvalue weighted by Crippen LogP contribution is 2.08. The van der Waals surface area contributed by atoms with Crippen LogP contribution in [0.25, 0.3) is 0 Å². The average Bonchev–Trinajstić information content (AvgIpc) is 2.43. The Hall–Kier alpha value is -2.64. The molecule has 0 aromatic carbocycles. The van der Waals surface area contributed by atoms with Crippen molar-refractivity contribution in [2.75, 3.05) is 11.9 Å². The molecule has 1 fully saturated rings. The number of rotatable bonds is 4. The van der Waals surface area contributed by atoms with E-state index in [-0.39, 0.29) is 24.4 Å². The highest BCUT2D eigenvalue weighted by atomic mass is 16.4. The van der Waals surface area contributed by atoms with Crippen molar-refractivity contribution < 1.29 is 19.5 Å². The lowest BCUT2D eigenvalue weighted by atomic mass is 10.1. The first-order valence-electron chi connectivity index (χ1n) is 6.54. The number of nitrogens with zero attached hydrogens (tertiary/aromatic N) is 1. The van der Waals surface area contributed by atoms with Crippen molar-refractivity contribution in [1.82, 2.24) is 15.6 Å². The highest BCUT2D eigenvalue weighted by molar-refractivity contribution is 5.89. The second-order valence-corrected chi connectivity index (χ2v) is 4.75. The summed E-state index contributed by atoms with van der Waals surface area (Å²) in [6.45, 7) is 0.419. The predicted molar refractivity (Wildman–Crippen MR) is 73.8 cm³/mol. The van der Waals surface area contributed by atoms with Crippen LogP contribution in [0, 0.1) is 0 Å². The average molecular weight is 292 g/mol. The van der Waals surface area contributed by atoms with Gasteiger partial charge in [0.15, 0.2) is 0 Å². The summed E-state index contributed by atoms with van der Waals surface area (Å²) in [4.78, 5) is 37.2. The van der Waals surface area contributed by atoms with E-state index >= 15 is 0 Å². The van der Waals surface area contributed by atoms with Gasteiger partial charge in [0.05, 0.1) is 24.0 Å². The zero-order valence-corrected chi connectivity index (χ0v) is 11.3. The smallest absolute Gasteiger partial charge is 0.319 e. The van der Waals surface area contributed by atoms with Crippen molar-refractivity contribution >= 4 is 23.6 Å². The van der Waals surface area contributed by atoms with Gasteiger partial charge in [-0.3, -0.25) is 14.6 Å². The summed E-state index contributed by atoms with van der Waals surface area (Å²) < 4.78 is 0. The molecular formula is C13H16N4O4. The van der Waals surface area contributed by atoms with E-state index in [0.29, 0.717) is 30.8 Å². The molecule has 0 aliphatic carbocycles. The number of urea groups is 1. The molecule has 2 rings (SSSR count). The lowest BCUT2D eigenvalue weighted by molar-refractivity contribution is -0.136. The Labute approximate surface area is 120 Å². The zero-order chi connectivity index (χ0) is 15.2. The largest absolute Gasteiger partial charge is 0.481 e. The Bertz CT molecular complexity index is 534. The minimum absolute atomic E-state index is 0.00771. The van der Waals surface area contributed by atoms with Crippen LogP contribution in [-0.4, -0.2) is 40.6 Å². The number of carboxylic acid groups (broad SMARTS) is 1. The Kier molecular flexibility index (Phi) is 4.70. The number of carboxylic acids is 1. The third kappa shape index (κ3) is 4.75. The third-order valence-corrected chi connectivity index (χ3v) is 3.02. The maximum Gasteiger partial charge on any atom is 0.319 e. The van der Waals surface area contributed by atoms with E-state index in [2.05, 4.69) is 20.9 Å². The number of carbonyl (C=O) groups is 3. The van der Waals surface area contributed by atoms with Gasteiger partial charge in [-0.2, -0.15) is 0 Å². The molecule has 1 atom stereocenters. The first-order valence-corrected chi connectivity index (χ1v) is 6.54. The maximum atomic E-state index is 11.8. The van der Waals surface area contributed by atoms with Crippen molar-refractivity contribution in [3.8, 4) is 0 Å². The van der Waals surface area contributed by atoms with Crippen LogP contribution in [0.15, 0.2) is 18.3 Å². The molecule has 21 heavy (non-hydrogen) atoms. The Morgan fingerprint density at radius 2 is 2.24 bits per heavy atom. The topological polar surface area (TPSA) is 120 Å². The van der Waals surface area contributed by atoms with Gasteiger partial charge >= 0.3 is 12.0 Å². The SMILES string of the molecule is O=C(O)Cc1ccc(NC(=O)NC2CCC(=O)NC2)cn1. The lowest BCUT2D eigenvalue weighted by Crippen LogP contribution is -2.48. The fourth-order valence-corrected chi connectivity index (χ4v) is 1.97. The molecule has 1 aromatic heterocycles. The third-order valence-electron chi connectivity index (χ3n) is 3.02. The quantitative estimate of drug-likeness (QED) is 0.627. The summed E-state index contributed by atoms with van der Waals surface area (Å²) in [7, 11) is 0. The van der Waals surface area contributed by atoms with Gasteiger partial charge in [0, 0.05) is 19.0 Å². The number of aromatic nitrogens is 1. The summed E-state index contributed by atoms with van der Waals surface area (Å²) in [6, 6.07) is 2.66. The first-order chi connectivity index (χ1) is 10.0. The first kappa shape index (κ1) is 14.8. The Morgan fingerprint density at radius 1 is 1.43 bits per heavy atom. The zero-order valence-electron chi connectivity index (χ0n) is 11.3. The fraction of sp³-hybridized carbons (Fsp3) is 0.385. The molecule has 1 saturated heterocycles. The van der Waals surface area contributed by atoms with E-state index in [1.54, 1.807) is 12.1 Å². The summed E-state index contributed by atoms with van der Waals surface area (Å²) in [5.74, 6) is -0.966. The standard InChI is InChI=1S/C13H16N4O4/c18-11-4-3-10(7-15-11)17-13(21)16-9-2-1-8(14-6-9)5-12(19)20/h1-2,6,10H,3-5,7H2,(H,15,18)(H,19,20)(H2,16,17,21). The van der Waals surface area contributed by atoms with E-state index in [9.17, 15) is 14.4 Å². The van der Waals surface area contributed by atoms with Crippen LogP contribution in [0.3, 0.4) is 0 Å². The molecule has 1 aliphatic heterocycles. The number of hydrogen-bond donors (Lipinski definition) is 4. The van der Waals surface area contributed by atoms with Crippen LogP contribution in [0.4, 0.5) is 10.5 Å². The molecule has 0 spiro atoms. The molecule has 4 N–H and O–H groups in total. The minimum Gasteiger partial charge on any atom is -0.481 e. The molecule has 2 heterocycles. The highest BCUT2D eigenvalue weighted by Gasteiger charge is 2.19. The molecule has 0 saturated carbocycles. The van der Waals surface area contributed by atoms with Crippen LogP contribution in [0.2, 0.25) is 0 Å². The normalized spacial score (nSPS) is 17.7. The van der Waals surface area contributed by atoms with Gasteiger partial charge in [0.2, 0.25) is 5.91 Å². The van der Waals surface area contributed by atoms with Crippen molar-refractivity contribution in [3.63, 3.8) is 0 Å². The Morgan fingerprint density at radius 3 is 2.81 bits per heavy atom. The van der Waals surface area contributed by atoms with Gasteiger partial charge in [-0.25, -0.2) is 4.79 Å². The number of amides is 3. The van der Waals surface area contributed by atoms with Gasteiger partial charge in [-0.05, 0) is 18.6 Å². The number of hydrogen-bond acceptors (Lipinski definition) is 4. The van der Waals surface area contributed by atoms with Crippen LogP contribution in [-0.2, 0) is 16.0 Å². The van der Waals surface area contributed by atoms with E-state index in [4.69, 9.17) is 5.11 Å². The number of pyridine rings is 1. The second-order valence-electron chi connectivity index (χ2n) is 4.75. The lowest BCUT2D eigenvalue weighted by Gasteiger charge is -2.23. The molecule has 1 aliphatic rings. The van der Waals surface area contributed by atoms with Crippen molar-refractivity contribution in [3.05, 3.63) is 24.0 Å². The summed E-state index contributed by atoms with van der Waals surface area (Å²) in [5, 5.41) is 16.7. The van der Waals surface area contributed by atoms with Crippen LogP contribution < -0.4 is 16.0 Å². The monoisotopic (exact) mass is 292 g/mol. The maximum absolute atomic E-state index is 11.8. The summed E-state index contributed by atoms with van der Waals surface area (Å²) in [5.41, 5.74) is 0.893. The van der Waals surface area contributed by atoms with Gasteiger partial charge in [0.1, 0.15) is 0 Å². The van der Waals surface area contributed by atoms with Gasteiger partial charge in [0.25, 0.3) is 0 Å². The number of nitrogens with one attached hydrogen (secondary N) is 3. The number of piperidine rings is 1. The summed E-state index contributed by atoms with van der Waals surface area (Å²) >= 11 is 0. The van der Waals surface area contributed by atoms with Crippen LogP contribution in [0.1, 0.15) is 18.5 Å². The van der Waals surface area contributed by atoms with Crippen molar-refractivity contribution in [2.45, 2.75) is 25.3 Å². The molecule has 0 radical (unpaired) electrons. The van der Waals surface area contributed by atoms with E-state index in [0.717, 1.165) is 0 Å². The number of aliphatic carboxylic acids is 1. The molecule has 3 amide bonds. The molecule has 112 valence electrons. The second kappa shape index (κ2) is 6.69. The number of anilines is 1. The molecule has 8 nitrogen and oxygen atoms in total. The molecule has 1 unspecified atom stereocenters. The predicted octanol–water partition coefficient (Wildman–Crippen LogP) is 0.109. The Balaban J connectivity index is 1.82. The van der Waals surface area contributed by atoms with E-state index in [1.165, 1.54) is 6.20 Å². The minimum atomic E-state index is -0.958.